The number of amides is 3. The zero-order valence-corrected chi connectivity index (χ0v) is 37.5. The first-order chi connectivity index (χ1) is 31.8. The van der Waals surface area contributed by atoms with E-state index >= 15 is 4.39 Å². The molecule has 14 nitrogen and oxygen atoms in total. The highest BCUT2D eigenvalue weighted by atomic mass is 32.2. The van der Waals surface area contributed by atoms with Crippen LogP contribution in [0.25, 0.3) is 22.2 Å². The Morgan fingerprint density at radius 3 is 2.39 bits per heavy atom. The molecule has 5 aliphatic rings. The van der Waals surface area contributed by atoms with Gasteiger partial charge in [0.1, 0.15) is 23.7 Å². The number of hydrogen-bond donors (Lipinski definition) is 3. The second kappa shape index (κ2) is 17.6. The Bertz CT molecular complexity index is 2860. The van der Waals surface area contributed by atoms with Gasteiger partial charge in [-0.1, -0.05) is 24.3 Å². The summed E-state index contributed by atoms with van der Waals surface area (Å²) in [5.74, 6) is -1.19. The monoisotopic (exact) mass is 918 g/mol. The van der Waals surface area contributed by atoms with Crippen LogP contribution in [0.3, 0.4) is 0 Å². The van der Waals surface area contributed by atoms with Gasteiger partial charge in [0.15, 0.2) is 5.78 Å². The number of H-pyrrole nitrogens is 1. The molecule has 10 rings (SSSR count). The minimum Gasteiger partial charge on any atom is -0.372 e. The van der Waals surface area contributed by atoms with Gasteiger partial charge in [0.2, 0.25) is 11.8 Å². The second-order valence-corrected chi connectivity index (χ2v) is 20.1. The van der Waals surface area contributed by atoms with Crippen molar-refractivity contribution in [3.63, 3.8) is 0 Å². The van der Waals surface area contributed by atoms with Crippen molar-refractivity contribution in [2.24, 2.45) is 5.92 Å². The van der Waals surface area contributed by atoms with Gasteiger partial charge in [0.25, 0.3) is 5.91 Å². The van der Waals surface area contributed by atoms with Crippen LogP contribution >= 0.6 is 0 Å². The topological polar surface area (TPSA) is 168 Å². The molecule has 2 atom stereocenters. The van der Waals surface area contributed by atoms with Crippen molar-refractivity contribution in [3.05, 3.63) is 112 Å². The molecule has 0 aliphatic carbocycles. The highest BCUT2D eigenvalue weighted by molar-refractivity contribution is 7.90. The van der Waals surface area contributed by atoms with Gasteiger partial charge < -0.3 is 19.7 Å². The molecule has 3 amide bonds. The maximum atomic E-state index is 15.4. The Balaban J connectivity index is 0.730. The zero-order valence-electron chi connectivity index (χ0n) is 36.7. The molecule has 66 heavy (non-hydrogen) atoms. The molecule has 2 aromatic heterocycles. The predicted octanol–water partition coefficient (Wildman–Crippen LogP) is 6.47. The molecule has 0 radical (unpaired) electrons. The number of alkyl halides is 1. The van der Waals surface area contributed by atoms with Crippen LogP contribution in [0.5, 0.6) is 0 Å². The fraction of sp³-hybridized carbons (Fsp3) is 0.408. The Morgan fingerprint density at radius 1 is 0.894 bits per heavy atom. The summed E-state index contributed by atoms with van der Waals surface area (Å²) in [5, 5.41) is 2.88. The quantitative estimate of drug-likeness (QED) is 0.0995. The number of nitrogens with one attached hydrogen (secondary N) is 3. The normalized spacial score (nSPS) is 21.5. The molecule has 3 N–H and O–H groups in total. The van der Waals surface area contributed by atoms with Crippen LogP contribution in [0.4, 0.5) is 20.2 Å². The van der Waals surface area contributed by atoms with Crippen molar-refractivity contribution in [1.29, 1.82) is 0 Å². The summed E-state index contributed by atoms with van der Waals surface area (Å²) in [5.41, 5.74) is 6.24. The summed E-state index contributed by atoms with van der Waals surface area (Å²) in [6, 6.07) is 18.0. The number of fused-ring (bicyclic) bond motifs is 2. The largest absolute Gasteiger partial charge is 0.372 e. The van der Waals surface area contributed by atoms with E-state index in [1.54, 1.807) is 11.1 Å². The van der Waals surface area contributed by atoms with Crippen LogP contribution in [-0.4, -0.2) is 114 Å². The molecule has 3 aromatic carbocycles. The molecule has 7 heterocycles. The number of aromatic amines is 1. The highest BCUT2D eigenvalue weighted by Crippen LogP contribution is 2.36. The number of likely N-dealkylation sites (tertiary alicyclic amines) is 1. The van der Waals surface area contributed by atoms with E-state index in [1.165, 1.54) is 24.8 Å². The maximum Gasteiger partial charge on any atom is 0.301 e. The Morgan fingerprint density at radius 2 is 1.67 bits per heavy atom. The highest BCUT2D eigenvalue weighted by Gasteiger charge is 2.40. The summed E-state index contributed by atoms with van der Waals surface area (Å²) < 4.78 is 58.6. The molecule has 5 aliphatic heterocycles. The third-order valence-corrected chi connectivity index (χ3v) is 15.9. The number of imide groups is 1. The van der Waals surface area contributed by atoms with E-state index in [4.69, 9.17) is 0 Å². The van der Waals surface area contributed by atoms with Gasteiger partial charge in [-0.25, -0.2) is 13.8 Å². The lowest BCUT2D eigenvalue weighted by atomic mass is 9.87. The number of carbonyl (C=O) groups is 4. The number of halogens is 2. The van der Waals surface area contributed by atoms with Crippen LogP contribution in [0.15, 0.2) is 73.1 Å². The van der Waals surface area contributed by atoms with Crippen molar-refractivity contribution < 1.29 is 36.4 Å². The summed E-state index contributed by atoms with van der Waals surface area (Å²) in [6.45, 7) is 6.70. The Hall–Kier alpha value is -6.04. The first-order valence-corrected chi connectivity index (χ1v) is 24.3. The number of piperidine rings is 3. The van der Waals surface area contributed by atoms with Crippen molar-refractivity contribution in [1.82, 2.24) is 29.4 Å². The molecule has 0 bridgehead atoms. The smallest absolute Gasteiger partial charge is 0.301 e. The molecule has 0 unspecified atom stereocenters. The number of aromatic nitrogens is 2. The van der Waals surface area contributed by atoms with Crippen molar-refractivity contribution >= 4 is 56.1 Å². The third-order valence-electron chi connectivity index (χ3n) is 14.4. The molecular formula is C49H52F2N8O6S. The standard InChI is InChI=1S/C49H52F2N8O6S/c1-29-42(55-66(64,65)58-21-16-36(50)28-58)9-8-41(51)45(29)46(61)40-25-53-47-39(40)23-34(24-52-47)31-2-5-37(6-3-31)57-19-12-30(13-20-57)26-56-17-14-32(15-18-56)33-4-7-38-35(22-33)27-59(49(38)63)43-10-11-44(60)54-48(43)62/h2-9,22-25,30,32,36,43,55H,10-21,26-28H2,1H3,(H,52,53)(H,54,60,62)/t36-,43+/m1/s1. The minimum atomic E-state index is -4.11. The summed E-state index contributed by atoms with van der Waals surface area (Å²) in [4.78, 5) is 65.5. The second-order valence-electron chi connectivity index (χ2n) is 18.5. The molecule has 5 aromatic rings. The van der Waals surface area contributed by atoms with Crippen LogP contribution in [0.1, 0.15) is 93.8 Å². The number of ketones is 1. The van der Waals surface area contributed by atoms with Gasteiger partial charge in [-0.15, -0.1) is 0 Å². The molecule has 17 heteroatoms. The van der Waals surface area contributed by atoms with Gasteiger partial charge in [0, 0.05) is 85.8 Å². The molecule has 0 spiro atoms. The summed E-state index contributed by atoms with van der Waals surface area (Å²) >= 11 is 0. The third kappa shape index (κ3) is 8.47. The van der Waals surface area contributed by atoms with Gasteiger partial charge in [0.05, 0.1) is 11.3 Å². The van der Waals surface area contributed by atoms with Crippen molar-refractivity contribution in [2.75, 3.05) is 55.4 Å². The van der Waals surface area contributed by atoms with E-state index in [9.17, 15) is 32.0 Å². The molecular weight excluding hydrogens is 867 g/mol. The fourth-order valence-electron chi connectivity index (χ4n) is 10.6. The van der Waals surface area contributed by atoms with E-state index in [0.717, 1.165) is 91.2 Å². The predicted molar refractivity (Wildman–Crippen MR) is 246 cm³/mol. The Labute approximate surface area is 381 Å². The number of carbonyl (C=O) groups excluding carboxylic acids is 4. The van der Waals surface area contributed by atoms with E-state index in [2.05, 4.69) is 54.1 Å². The fourth-order valence-corrected chi connectivity index (χ4v) is 11.9. The minimum absolute atomic E-state index is 0.0297. The number of anilines is 2. The lowest BCUT2D eigenvalue weighted by Gasteiger charge is -2.38. The van der Waals surface area contributed by atoms with Gasteiger partial charge in [-0.3, -0.25) is 29.2 Å². The number of hydrogen-bond acceptors (Lipinski definition) is 9. The summed E-state index contributed by atoms with van der Waals surface area (Å²) in [6.07, 6.45) is 6.97. The average molecular weight is 919 g/mol. The van der Waals surface area contributed by atoms with Crippen LogP contribution in [0, 0.1) is 18.7 Å². The number of benzene rings is 3. The van der Waals surface area contributed by atoms with Crippen molar-refractivity contribution in [2.45, 2.75) is 76.5 Å². The molecule has 4 fully saturated rings. The molecule has 4 saturated heterocycles. The lowest BCUT2D eigenvalue weighted by Crippen LogP contribution is -2.52. The van der Waals surface area contributed by atoms with Crippen LogP contribution in [-0.2, 0) is 26.3 Å². The SMILES string of the molecule is Cc1c(NS(=O)(=O)N2CC[C@@H](F)C2)ccc(F)c1C(=O)c1c[nH]c2ncc(-c3ccc(N4CCC(CN5CCC(c6ccc7c(c6)CN([C@H]6CCC(=O)NC6=O)C7=O)CC5)CC4)cc3)cc12. The zero-order chi connectivity index (χ0) is 45.9. The maximum absolute atomic E-state index is 15.4. The Kier molecular flexibility index (Phi) is 11.7. The van der Waals surface area contributed by atoms with Gasteiger partial charge >= 0.3 is 10.2 Å². The van der Waals surface area contributed by atoms with E-state index in [1.807, 2.05) is 24.3 Å². The van der Waals surface area contributed by atoms with Crippen LogP contribution < -0.4 is 14.9 Å². The van der Waals surface area contributed by atoms with E-state index in [0.29, 0.717) is 41.4 Å². The molecule has 0 saturated carbocycles. The lowest BCUT2D eigenvalue weighted by molar-refractivity contribution is -0.136. The van der Waals surface area contributed by atoms with E-state index in [-0.39, 0.29) is 66.0 Å². The van der Waals surface area contributed by atoms with Crippen LogP contribution in [0.2, 0.25) is 0 Å². The number of rotatable bonds is 11. The van der Waals surface area contributed by atoms with Crippen molar-refractivity contribution in [3.8, 4) is 11.1 Å². The van der Waals surface area contributed by atoms with Gasteiger partial charge in [-0.05, 0) is 129 Å². The molecule has 344 valence electrons. The average Bonchev–Trinajstić information content (AvgIpc) is 4.04. The first-order valence-electron chi connectivity index (χ1n) is 22.9. The first kappa shape index (κ1) is 43.8. The number of pyridine rings is 1. The van der Waals surface area contributed by atoms with Gasteiger partial charge in [-0.2, -0.15) is 12.7 Å². The number of nitrogens with zero attached hydrogens (tertiary/aromatic N) is 5. The summed E-state index contributed by atoms with van der Waals surface area (Å²) in [7, 11) is -4.11. The van der Waals surface area contributed by atoms with E-state index < -0.39 is 34.0 Å².